The van der Waals surface area contributed by atoms with Crippen LogP contribution in [0.3, 0.4) is 0 Å². The van der Waals surface area contributed by atoms with E-state index in [1.165, 1.54) is 21.7 Å². The van der Waals surface area contributed by atoms with E-state index in [1.807, 2.05) is 0 Å². The summed E-state index contributed by atoms with van der Waals surface area (Å²) in [6, 6.07) is 5.27. The van der Waals surface area contributed by atoms with E-state index in [2.05, 4.69) is 15.1 Å². The molecule has 2 aromatic rings. The fourth-order valence-electron chi connectivity index (χ4n) is 3.47. The molecule has 31 heavy (non-hydrogen) atoms. The zero-order valence-electron chi connectivity index (χ0n) is 16.6. The lowest BCUT2D eigenvalue weighted by molar-refractivity contribution is -0.746. The molecular weight excluding hydrogens is 424 g/mol. The molecule has 2 heterocycles. The van der Waals surface area contributed by atoms with Crippen LogP contribution in [0.2, 0.25) is 0 Å². The van der Waals surface area contributed by atoms with Crippen LogP contribution in [0.5, 0.6) is 5.95 Å². The summed E-state index contributed by atoms with van der Waals surface area (Å²) in [6.45, 7) is -0.00210. The minimum atomic E-state index is -0.854. The largest absolute Gasteiger partial charge is 0.539 e. The lowest BCUT2D eigenvalue weighted by Crippen LogP contribution is -2.42. The molecule has 0 radical (unpaired) electrons. The molecule has 3 N–H and O–H groups in total. The third-order valence-corrected chi connectivity index (χ3v) is 5.72. The maximum atomic E-state index is 13.1. The van der Waals surface area contributed by atoms with Crippen molar-refractivity contribution in [3.05, 3.63) is 35.5 Å². The van der Waals surface area contributed by atoms with Gasteiger partial charge >= 0.3 is 0 Å². The molecule has 1 saturated heterocycles. The first kappa shape index (κ1) is 20.7. The molecule has 1 saturated carbocycles. The van der Waals surface area contributed by atoms with Gasteiger partial charge in [-0.15, -0.1) is 0 Å². The number of carbonyl (C=O) groups is 3. The lowest BCUT2D eigenvalue weighted by atomic mass is 10.1. The highest BCUT2D eigenvalue weighted by molar-refractivity contribution is 7.80. The molecule has 4 rings (SSSR count). The molecule has 2 fully saturated rings. The summed E-state index contributed by atoms with van der Waals surface area (Å²) in [7, 11) is 1.55. The van der Waals surface area contributed by atoms with Gasteiger partial charge in [-0.1, -0.05) is 4.68 Å². The van der Waals surface area contributed by atoms with Gasteiger partial charge in [-0.05, 0) is 49.3 Å². The first-order valence-corrected chi connectivity index (χ1v) is 10.0. The van der Waals surface area contributed by atoms with Crippen molar-refractivity contribution in [3.63, 3.8) is 0 Å². The fourth-order valence-corrected chi connectivity index (χ4v) is 3.90. The quantitative estimate of drug-likeness (QED) is 0.415. The van der Waals surface area contributed by atoms with E-state index in [4.69, 9.17) is 18.0 Å². The van der Waals surface area contributed by atoms with E-state index < -0.39 is 23.8 Å². The van der Waals surface area contributed by atoms with E-state index in [-0.39, 0.29) is 35.7 Å². The number of hydrogen-bond donors (Lipinski definition) is 2. The van der Waals surface area contributed by atoms with Gasteiger partial charge in [-0.2, -0.15) is 0 Å². The lowest BCUT2D eigenvalue weighted by Gasteiger charge is -2.22. The van der Waals surface area contributed by atoms with E-state index in [0.29, 0.717) is 11.3 Å². The average Bonchev–Trinajstić information content (AvgIpc) is 3.47. The van der Waals surface area contributed by atoms with Crippen LogP contribution in [0.15, 0.2) is 28.8 Å². The van der Waals surface area contributed by atoms with Gasteiger partial charge in [-0.3, -0.25) is 19.3 Å². The van der Waals surface area contributed by atoms with Crippen molar-refractivity contribution in [3.8, 4) is 5.95 Å². The van der Waals surface area contributed by atoms with Crippen LogP contribution in [0.25, 0.3) is 0 Å². The molecule has 1 aliphatic carbocycles. The van der Waals surface area contributed by atoms with Gasteiger partial charge in [0.1, 0.15) is 12.6 Å². The summed E-state index contributed by atoms with van der Waals surface area (Å²) >= 11 is 5.51. The normalized spacial score (nSPS) is 18.5. The minimum absolute atomic E-state index is 0.00210. The Morgan fingerprint density at radius 3 is 2.58 bits per heavy atom. The molecule has 11 nitrogen and oxygen atoms in total. The van der Waals surface area contributed by atoms with Crippen molar-refractivity contribution in [2.24, 2.45) is 12.8 Å². The number of aryl methyl sites for hydroxylation is 1. The van der Waals surface area contributed by atoms with Gasteiger partial charge in [-0.25, -0.2) is 0 Å². The Morgan fingerprint density at radius 1 is 1.35 bits per heavy atom. The third-order valence-electron chi connectivity index (χ3n) is 5.29. The molecule has 12 heteroatoms. The van der Waals surface area contributed by atoms with Crippen molar-refractivity contribution in [1.29, 1.82) is 0 Å². The number of nitrogens with two attached hydrogens (primary N) is 1. The van der Waals surface area contributed by atoms with Gasteiger partial charge in [0, 0.05) is 17.3 Å². The van der Waals surface area contributed by atoms with Gasteiger partial charge in [0.2, 0.25) is 11.8 Å². The maximum absolute atomic E-state index is 13.1. The number of anilines is 1. The van der Waals surface area contributed by atoms with Crippen molar-refractivity contribution in [1.82, 2.24) is 15.1 Å². The molecule has 1 aliphatic heterocycles. The van der Waals surface area contributed by atoms with Crippen molar-refractivity contribution >= 4 is 40.7 Å². The van der Waals surface area contributed by atoms with Gasteiger partial charge in [0.05, 0.1) is 11.7 Å². The summed E-state index contributed by atoms with van der Waals surface area (Å²) in [6.07, 6.45) is 1.53. The summed E-state index contributed by atoms with van der Waals surface area (Å²) in [5.41, 5.74) is 6.21. The van der Waals surface area contributed by atoms with Crippen LogP contribution in [-0.2, 0) is 23.2 Å². The Morgan fingerprint density at radius 2 is 2.03 bits per heavy atom. The van der Waals surface area contributed by atoms with Crippen molar-refractivity contribution < 1.29 is 28.7 Å². The summed E-state index contributed by atoms with van der Waals surface area (Å²) in [5, 5.41) is 18.5. The van der Waals surface area contributed by atoms with E-state index in [1.54, 1.807) is 24.1 Å². The molecule has 3 amide bonds. The third kappa shape index (κ3) is 4.06. The monoisotopic (exact) mass is 444 g/mol. The maximum Gasteiger partial charge on any atom is 0.252 e. The van der Waals surface area contributed by atoms with Crippen LogP contribution in [0.4, 0.5) is 5.69 Å². The highest BCUT2D eigenvalue weighted by Crippen LogP contribution is 2.34. The summed E-state index contributed by atoms with van der Waals surface area (Å²) in [4.78, 5) is 40.0. The van der Waals surface area contributed by atoms with Crippen LogP contribution in [0.1, 0.15) is 35.3 Å². The highest BCUT2D eigenvalue weighted by atomic mass is 32.1. The summed E-state index contributed by atoms with van der Waals surface area (Å²) < 4.78 is 5.94. The highest BCUT2D eigenvalue weighted by Gasteiger charge is 2.49. The number of benzene rings is 1. The van der Waals surface area contributed by atoms with Gasteiger partial charge < -0.3 is 25.6 Å². The van der Waals surface area contributed by atoms with Crippen LogP contribution in [-0.4, -0.2) is 50.0 Å². The molecule has 1 aromatic heterocycles. The summed E-state index contributed by atoms with van der Waals surface area (Å²) in [5.74, 6) is -1.87. The van der Waals surface area contributed by atoms with Gasteiger partial charge in [0.15, 0.2) is 18.1 Å². The minimum Gasteiger partial charge on any atom is -0.539 e. The Labute approximate surface area is 182 Å². The molecule has 1 atom stereocenters. The number of primary amides is 1. The molecule has 162 valence electrons. The molecule has 0 spiro atoms. The molecular formula is C19H20N6O5S. The SMILES string of the molecule is C[n+]1noc([O-])c1CN1C(=S)N(C2CC2)C(=O)C1CC(=O)Nc1ccc(C(N)=O)cc1. The molecule has 2 aliphatic rings. The first-order valence-electron chi connectivity index (χ1n) is 9.61. The Kier molecular flexibility index (Phi) is 5.31. The second-order valence-electron chi connectivity index (χ2n) is 7.49. The van der Waals surface area contributed by atoms with Crippen molar-refractivity contribution in [2.45, 2.75) is 37.9 Å². The smallest absolute Gasteiger partial charge is 0.252 e. The predicted octanol–water partition coefficient (Wildman–Crippen LogP) is -0.839. The molecule has 1 aromatic carbocycles. The standard InChI is InChI=1S/C19H20N6O5S/c1-23-14(18(29)30-22-23)9-24-13(17(28)25(19(24)31)12-6-7-12)8-15(26)21-11-4-2-10(3-5-11)16(20)27/h2-5,12-13H,6-9H2,1H3,(H3-,20,21,22,26,27,29). The number of aromatic nitrogens is 2. The molecule has 0 bridgehead atoms. The number of nitrogens with one attached hydrogen (secondary N) is 1. The zero-order valence-corrected chi connectivity index (χ0v) is 17.4. The first-order chi connectivity index (χ1) is 14.8. The predicted molar refractivity (Wildman–Crippen MR) is 107 cm³/mol. The van der Waals surface area contributed by atoms with E-state index in [9.17, 15) is 19.5 Å². The fraction of sp³-hybridized carbons (Fsp3) is 0.368. The topological polar surface area (TPSA) is 149 Å². The second-order valence-corrected chi connectivity index (χ2v) is 7.86. The van der Waals surface area contributed by atoms with Gasteiger partial charge in [0.25, 0.3) is 11.6 Å². The molecule has 1 unspecified atom stereocenters. The Hall–Kier alpha value is -3.54. The second kappa shape index (κ2) is 7.95. The number of amides is 3. The Balaban J connectivity index is 1.51. The average molecular weight is 444 g/mol. The Bertz CT molecular complexity index is 1040. The van der Waals surface area contributed by atoms with E-state index >= 15 is 0 Å². The number of rotatable bonds is 7. The zero-order chi connectivity index (χ0) is 22.3. The number of thiocarbonyl (C=S) groups is 1. The number of hydrogen-bond acceptors (Lipinski definition) is 7. The van der Waals surface area contributed by atoms with Crippen LogP contribution >= 0.6 is 12.2 Å². The number of nitrogens with zero attached hydrogens (tertiary/aromatic N) is 4. The number of carbonyl (C=O) groups excluding carboxylic acids is 3. The van der Waals surface area contributed by atoms with Crippen molar-refractivity contribution in [2.75, 3.05) is 5.32 Å². The van der Waals surface area contributed by atoms with Crippen LogP contribution < -0.4 is 20.8 Å². The van der Waals surface area contributed by atoms with Crippen LogP contribution in [0, 0.1) is 0 Å². The van der Waals surface area contributed by atoms with E-state index in [0.717, 1.165) is 12.8 Å².